The van der Waals surface area contributed by atoms with Crippen molar-refractivity contribution < 1.29 is 4.79 Å². The molecule has 4 aromatic rings. The van der Waals surface area contributed by atoms with Crippen LogP contribution in [0.4, 0.5) is 0 Å². The Bertz CT molecular complexity index is 1090. The summed E-state index contributed by atoms with van der Waals surface area (Å²) in [6, 6.07) is 15.9. The van der Waals surface area contributed by atoms with Crippen molar-refractivity contribution in [2.45, 2.75) is 25.4 Å². The van der Waals surface area contributed by atoms with Gasteiger partial charge in [-0.1, -0.05) is 24.3 Å². The van der Waals surface area contributed by atoms with Gasteiger partial charge in [0.25, 0.3) is 0 Å². The third-order valence-electron chi connectivity index (χ3n) is 4.86. The molecule has 0 unspecified atom stereocenters. The Morgan fingerprint density at radius 1 is 1.11 bits per heavy atom. The van der Waals surface area contributed by atoms with Crippen molar-refractivity contribution in [3.8, 4) is 0 Å². The maximum atomic E-state index is 12.7. The van der Waals surface area contributed by atoms with Gasteiger partial charge in [-0.3, -0.25) is 9.20 Å². The van der Waals surface area contributed by atoms with Crippen molar-refractivity contribution in [2.75, 3.05) is 12.0 Å². The monoisotopic (exact) mass is 393 g/mol. The van der Waals surface area contributed by atoms with Crippen molar-refractivity contribution in [2.24, 2.45) is 0 Å². The molecule has 0 fully saturated rings. The van der Waals surface area contributed by atoms with Gasteiger partial charge in [-0.25, -0.2) is 0 Å². The first kappa shape index (κ1) is 18.6. The minimum atomic E-state index is -0.154. The van der Waals surface area contributed by atoms with Crippen molar-refractivity contribution in [1.29, 1.82) is 0 Å². The van der Waals surface area contributed by atoms with Crippen molar-refractivity contribution >= 4 is 34.2 Å². The van der Waals surface area contributed by atoms with Gasteiger partial charge in [0.1, 0.15) is 0 Å². The van der Waals surface area contributed by atoms with E-state index in [1.807, 2.05) is 47.1 Å². The van der Waals surface area contributed by atoms with E-state index in [1.54, 1.807) is 11.8 Å². The van der Waals surface area contributed by atoms with E-state index in [2.05, 4.69) is 44.5 Å². The second-order valence-corrected chi connectivity index (χ2v) is 7.69. The number of aromatic nitrogens is 4. The predicted octanol–water partition coefficient (Wildman–Crippen LogP) is 3.68. The van der Waals surface area contributed by atoms with E-state index in [4.69, 9.17) is 0 Å². The van der Waals surface area contributed by atoms with Crippen molar-refractivity contribution in [3.05, 3.63) is 66.7 Å². The molecule has 0 spiro atoms. The number of nitrogens with zero attached hydrogens (tertiary/aromatic N) is 4. The summed E-state index contributed by atoms with van der Waals surface area (Å²) in [5.41, 5.74) is 1.94. The number of para-hydroxylation sites is 1. The molecule has 0 aliphatic rings. The van der Waals surface area contributed by atoms with Crippen molar-refractivity contribution in [3.63, 3.8) is 0 Å². The highest BCUT2D eigenvalue weighted by Crippen LogP contribution is 2.19. The normalized spacial score (nSPS) is 12.5. The lowest BCUT2D eigenvalue weighted by Crippen LogP contribution is -2.31. The number of pyridine rings is 1. The Balaban J connectivity index is 1.46. The summed E-state index contributed by atoms with van der Waals surface area (Å²) >= 11 is 1.76. The number of amides is 1. The number of thioether (sulfide) groups is 1. The molecule has 28 heavy (non-hydrogen) atoms. The molecular formula is C21H23N5OS. The van der Waals surface area contributed by atoms with Gasteiger partial charge in [-0.15, -0.1) is 10.2 Å². The summed E-state index contributed by atoms with van der Waals surface area (Å²) in [6.45, 7) is 0.648. The average Bonchev–Trinajstić information content (AvgIpc) is 3.34. The Labute approximate surface area is 168 Å². The van der Waals surface area contributed by atoms with Crippen LogP contribution in [-0.4, -0.2) is 37.1 Å². The standard InChI is InChI=1S/C21H23N5OS/c1-28-15-11-17(21-24-23-19-8-4-5-12-26(19)21)22-20(27)10-14-25-13-9-16-6-2-3-7-18(16)25/h2-9,12-13,17H,10-11,14-15H2,1H3,(H,22,27)/t17-/m0/s1. The molecule has 1 amide bonds. The number of hydrogen-bond donors (Lipinski definition) is 1. The lowest BCUT2D eigenvalue weighted by atomic mass is 10.2. The molecule has 4 rings (SSSR count). The highest BCUT2D eigenvalue weighted by atomic mass is 32.2. The number of fused-ring (bicyclic) bond motifs is 2. The van der Waals surface area contributed by atoms with Gasteiger partial charge in [0.05, 0.1) is 6.04 Å². The van der Waals surface area contributed by atoms with Crippen LogP contribution in [0.2, 0.25) is 0 Å². The minimum Gasteiger partial charge on any atom is -0.347 e. The van der Waals surface area contributed by atoms with Crippen LogP contribution >= 0.6 is 11.8 Å². The first-order valence-corrected chi connectivity index (χ1v) is 10.8. The zero-order chi connectivity index (χ0) is 19.3. The van der Waals surface area contributed by atoms with Gasteiger partial charge < -0.3 is 9.88 Å². The molecule has 1 atom stereocenters. The van der Waals surface area contributed by atoms with Gasteiger partial charge in [0, 0.05) is 30.9 Å². The molecule has 0 saturated heterocycles. The average molecular weight is 394 g/mol. The summed E-state index contributed by atoms with van der Waals surface area (Å²) in [5, 5.41) is 12.9. The lowest BCUT2D eigenvalue weighted by Gasteiger charge is -2.17. The fourth-order valence-electron chi connectivity index (χ4n) is 3.42. The molecule has 6 nitrogen and oxygen atoms in total. The molecule has 0 aliphatic heterocycles. The molecule has 1 N–H and O–H groups in total. The molecule has 0 bridgehead atoms. The van der Waals surface area contributed by atoms with E-state index >= 15 is 0 Å². The number of rotatable bonds is 8. The molecule has 7 heteroatoms. The Hall–Kier alpha value is -2.80. The van der Waals surface area contributed by atoms with E-state index in [9.17, 15) is 4.79 Å². The Morgan fingerprint density at radius 3 is 2.86 bits per heavy atom. The number of aryl methyl sites for hydroxylation is 1. The number of nitrogens with one attached hydrogen (secondary N) is 1. The highest BCUT2D eigenvalue weighted by molar-refractivity contribution is 7.98. The van der Waals surface area contributed by atoms with Crippen LogP contribution in [0.3, 0.4) is 0 Å². The number of hydrogen-bond acceptors (Lipinski definition) is 4. The molecule has 144 valence electrons. The number of carbonyl (C=O) groups excluding carboxylic acids is 1. The Morgan fingerprint density at radius 2 is 1.96 bits per heavy atom. The summed E-state index contributed by atoms with van der Waals surface area (Å²) in [7, 11) is 0. The molecule has 0 radical (unpaired) electrons. The number of benzene rings is 1. The molecular weight excluding hydrogens is 370 g/mol. The van der Waals surface area contributed by atoms with Gasteiger partial charge >= 0.3 is 0 Å². The summed E-state index contributed by atoms with van der Waals surface area (Å²) in [5.74, 6) is 1.75. The van der Waals surface area contributed by atoms with Gasteiger partial charge in [0.15, 0.2) is 11.5 Å². The number of carbonyl (C=O) groups is 1. The van der Waals surface area contributed by atoms with Crippen LogP contribution in [0.5, 0.6) is 0 Å². The fraction of sp³-hybridized carbons (Fsp3) is 0.286. The van der Waals surface area contributed by atoms with Crippen LogP contribution in [-0.2, 0) is 11.3 Å². The fourth-order valence-corrected chi connectivity index (χ4v) is 3.89. The lowest BCUT2D eigenvalue weighted by molar-refractivity contribution is -0.122. The first-order chi connectivity index (χ1) is 13.8. The van der Waals surface area contributed by atoms with Gasteiger partial charge in [0.2, 0.25) is 5.91 Å². The zero-order valence-electron chi connectivity index (χ0n) is 15.8. The zero-order valence-corrected chi connectivity index (χ0v) is 16.6. The van der Waals surface area contributed by atoms with E-state index in [0.717, 1.165) is 29.2 Å². The smallest absolute Gasteiger partial charge is 0.222 e. The van der Waals surface area contributed by atoms with Gasteiger partial charge in [-0.05, 0) is 48.1 Å². The molecule has 1 aromatic carbocycles. The van der Waals surface area contributed by atoms with Crippen LogP contribution in [0.25, 0.3) is 16.6 Å². The van der Waals surface area contributed by atoms with Crippen LogP contribution < -0.4 is 5.32 Å². The summed E-state index contributed by atoms with van der Waals surface area (Å²) in [4.78, 5) is 12.7. The minimum absolute atomic E-state index is 0.0246. The first-order valence-electron chi connectivity index (χ1n) is 9.38. The van der Waals surface area contributed by atoms with Crippen LogP contribution in [0.15, 0.2) is 60.9 Å². The van der Waals surface area contributed by atoms with E-state index in [-0.39, 0.29) is 11.9 Å². The summed E-state index contributed by atoms with van der Waals surface area (Å²) < 4.78 is 4.07. The maximum absolute atomic E-state index is 12.7. The second kappa shape index (κ2) is 8.48. The Kier molecular flexibility index (Phi) is 5.62. The molecule has 3 heterocycles. The van der Waals surface area contributed by atoms with Crippen molar-refractivity contribution in [1.82, 2.24) is 24.5 Å². The quantitative estimate of drug-likeness (QED) is 0.496. The third kappa shape index (κ3) is 3.89. The summed E-state index contributed by atoms with van der Waals surface area (Å²) in [6.07, 6.45) is 7.28. The molecule has 0 saturated carbocycles. The molecule has 0 aliphatic carbocycles. The van der Waals surface area contributed by atoms with Crippen LogP contribution in [0, 0.1) is 0 Å². The largest absolute Gasteiger partial charge is 0.347 e. The van der Waals surface area contributed by atoms with Crippen LogP contribution in [0.1, 0.15) is 24.7 Å². The van der Waals surface area contributed by atoms with E-state index in [0.29, 0.717) is 13.0 Å². The third-order valence-corrected chi connectivity index (χ3v) is 5.50. The topological polar surface area (TPSA) is 64.2 Å². The predicted molar refractivity (Wildman–Crippen MR) is 113 cm³/mol. The van der Waals surface area contributed by atoms with E-state index in [1.165, 1.54) is 5.39 Å². The van der Waals surface area contributed by atoms with E-state index < -0.39 is 0 Å². The van der Waals surface area contributed by atoms with Gasteiger partial charge in [-0.2, -0.15) is 11.8 Å². The molecule has 3 aromatic heterocycles. The SMILES string of the molecule is CSCC[C@H](NC(=O)CCn1ccc2ccccc21)c1nnc2ccccn12. The highest BCUT2D eigenvalue weighted by Gasteiger charge is 2.20. The maximum Gasteiger partial charge on any atom is 0.222 e. The second-order valence-electron chi connectivity index (χ2n) is 6.71.